The molecule has 0 aliphatic heterocycles. The molecule has 0 spiro atoms. The Morgan fingerprint density at radius 2 is 1.81 bits per heavy atom. The first-order valence-electron chi connectivity index (χ1n) is 7.70. The van der Waals surface area contributed by atoms with Crippen LogP contribution in [0.2, 0.25) is 0 Å². The fourth-order valence-corrected chi connectivity index (χ4v) is 2.93. The Morgan fingerprint density at radius 3 is 2.41 bits per heavy atom. The number of aromatic nitrogens is 1. The van der Waals surface area contributed by atoms with Gasteiger partial charge in [0.25, 0.3) is 0 Å². The number of halogens is 6. The zero-order chi connectivity index (χ0) is 19.2. The van der Waals surface area contributed by atoms with Gasteiger partial charge in [-0.05, 0) is 18.1 Å². The molecule has 11 heteroatoms. The van der Waals surface area contributed by atoms with E-state index >= 15 is 0 Å². The van der Waals surface area contributed by atoms with Crippen LogP contribution in [0.4, 0.5) is 22.0 Å². The number of thiazole rings is 1. The van der Waals surface area contributed by atoms with Crippen molar-refractivity contribution >= 4 is 41.3 Å². The summed E-state index contributed by atoms with van der Waals surface area (Å²) >= 11 is 0.945. The van der Waals surface area contributed by atoms with E-state index in [2.05, 4.69) is 20.6 Å². The van der Waals surface area contributed by atoms with Crippen LogP contribution in [-0.2, 0) is 19.0 Å². The minimum atomic E-state index is -4.44. The van der Waals surface area contributed by atoms with Gasteiger partial charge < -0.3 is 10.6 Å². The molecule has 0 radical (unpaired) electrons. The zero-order valence-corrected chi connectivity index (χ0v) is 17.4. The molecule has 0 saturated heterocycles. The number of alkyl halides is 3. The lowest BCUT2D eigenvalue weighted by molar-refractivity contribution is -0.140. The summed E-state index contributed by atoms with van der Waals surface area (Å²) in [5.41, 5.74) is -0.646. The molecule has 0 fully saturated rings. The third-order valence-corrected chi connectivity index (χ3v) is 4.32. The molecule has 0 aliphatic rings. The van der Waals surface area contributed by atoms with Gasteiger partial charge in [0, 0.05) is 31.9 Å². The number of nitrogens with one attached hydrogen (secondary N) is 2. The van der Waals surface area contributed by atoms with Crippen LogP contribution in [0.15, 0.2) is 28.6 Å². The maximum absolute atomic E-state index is 13.5. The van der Waals surface area contributed by atoms with E-state index in [9.17, 15) is 22.0 Å². The summed E-state index contributed by atoms with van der Waals surface area (Å²) in [7, 11) is 1.53. The fourth-order valence-electron chi connectivity index (χ4n) is 2.12. The Hall–Kier alpha value is -1.50. The van der Waals surface area contributed by atoms with Gasteiger partial charge in [0.2, 0.25) is 0 Å². The molecule has 0 atom stereocenters. The van der Waals surface area contributed by atoms with E-state index in [1.165, 1.54) is 19.2 Å². The Kier molecular flexibility index (Phi) is 9.36. The number of hydrogen-bond donors (Lipinski definition) is 2. The standard InChI is InChI=1S/C16H17F5N4S.HI/c1-22-15(23-7-5-10-3-2-4-11(17)14(10)18)24-8-6-13-25-12(9-26-13)16(19,20)21;/h2-4,9H,5-8H2,1H3,(H2,22,23,24);1H. The lowest BCUT2D eigenvalue weighted by Crippen LogP contribution is -2.39. The zero-order valence-electron chi connectivity index (χ0n) is 14.2. The lowest BCUT2D eigenvalue weighted by Gasteiger charge is -2.11. The van der Waals surface area contributed by atoms with Crippen LogP contribution in [0.25, 0.3) is 0 Å². The maximum atomic E-state index is 13.5. The summed E-state index contributed by atoms with van der Waals surface area (Å²) < 4.78 is 64.1. The van der Waals surface area contributed by atoms with Gasteiger partial charge in [-0.3, -0.25) is 4.99 Å². The van der Waals surface area contributed by atoms with Crippen LogP contribution in [0, 0.1) is 11.6 Å². The molecule has 2 rings (SSSR count). The molecule has 27 heavy (non-hydrogen) atoms. The van der Waals surface area contributed by atoms with Gasteiger partial charge in [0.1, 0.15) is 0 Å². The summed E-state index contributed by atoms with van der Waals surface area (Å²) in [6, 6.07) is 3.98. The molecule has 0 aliphatic carbocycles. The first-order valence-corrected chi connectivity index (χ1v) is 8.58. The number of nitrogens with zero attached hydrogens (tertiary/aromatic N) is 2. The van der Waals surface area contributed by atoms with Crippen LogP contribution < -0.4 is 10.6 Å². The second kappa shape index (κ2) is 10.7. The predicted molar refractivity (Wildman–Crippen MR) is 106 cm³/mol. The van der Waals surface area contributed by atoms with Crippen molar-refractivity contribution in [2.24, 2.45) is 4.99 Å². The van der Waals surface area contributed by atoms with Gasteiger partial charge in [-0.25, -0.2) is 13.8 Å². The molecular weight excluding hydrogens is 502 g/mol. The Morgan fingerprint density at radius 1 is 1.15 bits per heavy atom. The van der Waals surface area contributed by atoms with E-state index in [1.807, 2.05) is 0 Å². The molecule has 2 N–H and O–H groups in total. The smallest absolute Gasteiger partial charge is 0.356 e. The monoisotopic (exact) mass is 520 g/mol. The fraction of sp³-hybridized carbons (Fsp3) is 0.375. The Bertz CT molecular complexity index is 764. The molecule has 2 aromatic rings. The normalized spacial score (nSPS) is 11.9. The molecule has 0 unspecified atom stereocenters. The molecule has 1 heterocycles. The highest BCUT2D eigenvalue weighted by Gasteiger charge is 2.33. The van der Waals surface area contributed by atoms with Crippen LogP contribution in [0.1, 0.15) is 16.3 Å². The van der Waals surface area contributed by atoms with Gasteiger partial charge in [-0.2, -0.15) is 13.2 Å². The van der Waals surface area contributed by atoms with Gasteiger partial charge in [-0.15, -0.1) is 35.3 Å². The highest BCUT2D eigenvalue weighted by atomic mass is 127. The van der Waals surface area contributed by atoms with Crippen LogP contribution >= 0.6 is 35.3 Å². The van der Waals surface area contributed by atoms with E-state index in [1.54, 1.807) is 0 Å². The molecular formula is C16H18F5IN4S. The molecule has 150 valence electrons. The summed E-state index contributed by atoms with van der Waals surface area (Å²) in [4.78, 5) is 7.50. The van der Waals surface area contributed by atoms with Crippen LogP contribution in [0.5, 0.6) is 0 Å². The van der Waals surface area contributed by atoms with Crippen molar-refractivity contribution in [3.05, 3.63) is 51.5 Å². The Labute approximate surface area is 174 Å². The average molecular weight is 520 g/mol. The van der Waals surface area contributed by atoms with Crippen molar-refractivity contribution in [1.82, 2.24) is 15.6 Å². The quantitative estimate of drug-likeness (QED) is 0.262. The lowest BCUT2D eigenvalue weighted by atomic mass is 10.1. The van der Waals surface area contributed by atoms with E-state index in [4.69, 9.17) is 0 Å². The first kappa shape index (κ1) is 23.5. The molecule has 1 aromatic carbocycles. The highest BCUT2D eigenvalue weighted by molar-refractivity contribution is 14.0. The maximum Gasteiger partial charge on any atom is 0.434 e. The van der Waals surface area contributed by atoms with Gasteiger partial charge in [0.15, 0.2) is 23.3 Å². The highest BCUT2D eigenvalue weighted by Crippen LogP contribution is 2.29. The molecule has 0 saturated carbocycles. The average Bonchev–Trinajstić information content (AvgIpc) is 3.06. The molecule has 1 aromatic heterocycles. The Balaban J connectivity index is 0.00000364. The molecule has 0 bridgehead atoms. The summed E-state index contributed by atoms with van der Waals surface area (Å²) in [6.07, 6.45) is -3.88. The number of hydrogen-bond acceptors (Lipinski definition) is 3. The second-order valence-electron chi connectivity index (χ2n) is 5.26. The SMILES string of the molecule is CN=C(NCCc1nc(C(F)(F)F)cs1)NCCc1cccc(F)c1F.I. The van der Waals surface area contributed by atoms with Crippen molar-refractivity contribution in [2.75, 3.05) is 20.1 Å². The van der Waals surface area contributed by atoms with E-state index in [0.29, 0.717) is 30.5 Å². The van der Waals surface area contributed by atoms with Crippen molar-refractivity contribution < 1.29 is 22.0 Å². The molecule has 0 amide bonds. The third-order valence-electron chi connectivity index (χ3n) is 3.42. The minimum Gasteiger partial charge on any atom is -0.356 e. The minimum absolute atomic E-state index is 0. The van der Waals surface area contributed by atoms with E-state index in [-0.39, 0.29) is 36.0 Å². The van der Waals surface area contributed by atoms with Crippen LogP contribution in [0.3, 0.4) is 0 Å². The van der Waals surface area contributed by atoms with Gasteiger partial charge in [-0.1, -0.05) is 12.1 Å². The predicted octanol–water partition coefficient (Wildman–Crippen LogP) is 4.01. The van der Waals surface area contributed by atoms with Gasteiger partial charge in [0.05, 0.1) is 5.01 Å². The number of benzene rings is 1. The van der Waals surface area contributed by atoms with E-state index in [0.717, 1.165) is 22.8 Å². The largest absolute Gasteiger partial charge is 0.434 e. The van der Waals surface area contributed by atoms with Crippen molar-refractivity contribution in [1.29, 1.82) is 0 Å². The van der Waals surface area contributed by atoms with Crippen LogP contribution in [-0.4, -0.2) is 31.1 Å². The van der Waals surface area contributed by atoms with Gasteiger partial charge >= 0.3 is 6.18 Å². The topological polar surface area (TPSA) is 49.3 Å². The molecule has 4 nitrogen and oxygen atoms in total. The van der Waals surface area contributed by atoms with Crippen molar-refractivity contribution in [2.45, 2.75) is 19.0 Å². The third kappa shape index (κ3) is 7.20. The summed E-state index contributed by atoms with van der Waals surface area (Å²) in [5.74, 6) is -1.36. The first-order chi connectivity index (χ1) is 12.3. The van der Waals surface area contributed by atoms with E-state index < -0.39 is 23.5 Å². The van der Waals surface area contributed by atoms with Crippen molar-refractivity contribution in [3.63, 3.8) is 0 Å². The number of guanidine groups is 1. The summed E-state index contributed by atoms with van der Waals surface area (Å²) in [5, 5.41) is 7.21. The number of aliphatic imine (C=N–C) groups is 1. The van der Waals surface area contributed by atoms with Crippen molar-refractivity contribution in [3.8, 4) is 0 Å². The second-order valence-corrected chi connectivity index (χ2v) is 6.21. The summed E-state index contributed by atoms with van der Waals surface area (Å²) in [6.45, 7) is 0.647. The number of rotatable bonds is 6.